The van der Waals surface area contributed by atoms with Crippen molar-refractivity contribution in [1.82, 2.24) is 24.8 Å². The molecule has 4 heterocycles. The topological polar surface area (TPSA) is 93.2 Å². The number of hydrogen-bond donors (Lipinski definition) is 1. The van der Waals surface area contributed by atoms with Crippen molar-refractivity contribution in [2.24, 2.45) is 0 Å². The first-order valence-corrected chi connectivity index (χ1v) is 9.32. The van der Waals surface area contributed by atoms with Gasteiger partial charge in [-0.25, -0.2) is 15.0 Å². The van der Waals surface area contributed by atoms with Gasteiger partial charge in [0.25, 0.3) is 5.91 Å². The van der Waals surface area contributed by atoms with E-state index in [0.29, 0.717) is 34.8 Å². The Kier molecular flexibility index (Phi) is 4.76. The molecule has 0 bridgehead atoms. The number of halogens is 2. The summed E-state index contributed by atoms with van der Waals surface area (Å²) in [6, 6.07) is -0.259. The number of aromatic nitrogens is 4. The fourth-order valence-electron chi connectivity index (χ4n) is 3.49. The molecule has 1 aliphatic rings. The molecular formula is C18H17Cl2N5O3. The van der Waals surface area contributed by atoms with Crippen LogP contribution in [0.15, 0.2) is 12.4 Å². The fraction of sp³-hybridized carbons (Fsp3) is 0.333. The number of nitrogens with one attached hydrogen (secondary N) is 1. The Morgan fingerprint density at radius 3 is 2.57 bits per heavy atom. The van der Waals surface area contributed by atoms with Crippen LogP contribution >= 0.6 is 23.2 Å². The summed E-state index contributed by atoms with van der Waals surface area (Å²) in [5.41, 5.74) is 3.14. The van der Waals surface area contributed by atoms with E-state index in [4.69, 9.17) is 32.7 Å². The highest BCUT2D eigenvalue weighted by atomic mass is 35.5. The summed E-state index contributed by atoms with van der Waals surface area (Å²) < 4.78 is 10.3. The molecule has 1 aliphatic heterocycles. The quantitative estimate of drug-likeness (QED) is 0.695. The number of amides is 1. The predicted molar refractivity (Wildman–Crippen MR) is 104 cm³/mol. The summed E-state index contributed by atoms with van der Waals surface area (Å²) in [5.74, 6) is 0.588. The number of aromatic amines is 1. The fourth-order valence-corrected chi connectivity index (χ4v) is 3.92. The minimum atomic E-state index is -0.262. The van der Waals surface area contributed by atoms with Crippen LogP contribution in [0.3, 0.4) is 0 Å². The molecule has 1 unspecified atom stereocenters. The molecule has 0 aliphatic carbocycles. The summed E-state index contributed by atoms with van der Waals surface area (Å²) in [6.45, 7) is 2.45. The van der Waals surface area contributed by atoms with Crippen LogP contribution in [0.2, 0.25) is 10.0 Å². The molecule has 0 radical (unpaired) electrons. The lowest BCUT2D eigenvalue weighted by molar-refractivity contribution is 0.0665. The molecule has 4 rings (SSSR count). The number of methoxy groups -OCH3 is 2. The largest absolute Gasteiger partial charge is 0.494 e. The highest BCUT2D eigenvalue weighted by Gasteiger charge is 2.34. The van der Waals surface area contributed by atoms with Gasteiger partial charge in [-0.1, -0.05) is 23.2 Å². The molecule has 0 aromatic carbocycles. The van der Waals surface area contributed by atoms with Crippen LogP contribution in [0.5, 0.6) is 11.6 Å². The van der Waals surface area contributed by atoms with Crippen molar-refractivity contribution in [2.75, 3.05) is 20.8 Å². The van der Waals surface area contributed by atoms with E-state index in [-0.39, 0.29) is 28.7 Å². The Labute approximate surface area is 170 Å². The molecule has 0 saturated heterocycles. The van der Waals surface area contributed by atoms with Crippen molar-refractivity contribution >= 4 is 40.1 Å². The van der Waals surface area contributed by atoms with Crippen LogP contribution in [-0.2, 0) is 6.42 Å². The third-order valence-electron chi connectivity index (χ3n) is 4.90. The maximum absolute atomic E-state index is 13.0. The number of pyridine rings is 1. The van der Waals surface area contributed by atoms with Gasteiger partial charge in [-0.3, -0.25) is 4.79 Å². The van der Waals surface area contributed by atoms with Crippen molar-refractivity contribution in [1.29, 1.82) is 0 Å². The summed E-state index contributed by atoms with van der Waals surface area (Å²) in [5, 5.41) is 0.601. The molecule has 0 fully saturated rings. The number of ether oxygens (including phenoxy) is 2. The lowest BCUT2D eigenvalue weighted by Gasteiger charge is -2.33. The number of nitrogens with zero attached hydrogens (tertiary/aromatic N) is 4. The van der Waals surface area contributed by atoms with Gasteiger partial charge < -0.3 is 19.4 Å². The average Bonchev–Trinajstić information content (AvgIpc) is 3.10. The maximum atomic E-state index is 13.0. The monoisotopic (exact) mass is 421 g/mol. The molecular weight excluding hydrogens is 405 g/mol. The molecule has 28 heavy (non-hydrogen) atoms. The highest BCUT2D eigenvalue weighted by molar-refractivity contribution is 6.45. The number of H-pyrrole nitrogens is 1. The molecule has 1 N–H and O–H groups in total. The van der Waals surface area contributed by atoms with Crippen molar-refractivity contribution in [2.45, 2.75) is 19.4 Å². The van der Waals surface area contributed by atoms with Crippen LogP contribution in [-0.4, -0.2) is 51.5 Å². The number of carbonyl (C=O) groups excluding carboxylic acids is 1. The van der Waals surface area contributed by atoms with Crippen LogP contribution < -0.4 is 9.47 Å². The van der Waals surface area contributed by atoms with Gasteiger partial charge in [0.1, 0.15) is 5.02 Å². The Morgan fingerprint density at radius 2 is 1.93 bits per heavy atom. The van der Waals surface area contributed by atoms with Crippen molar-refractivity contribution in [3.8, 4) is 11.6 Å². The zero-order valence-corrected chi connectivity index (χ0v) is 16.9. The molecule has 10 heteroatoms. The minimum absolute atomic E-state index is 0.113. The first-order chi connectivity index (χ1) is 13.5. The Bertz CT molecular complexity index is 1070. The van der Waals surface area contributed by atoms with Crippen LogP contribution in [0.25, 0.3) is 11.0 Å². The van der Waals surface area contributed by atoms with Gasteiger partial charge in [0.2, 0.25) is 11.7 Å². The van der Waals surface area contributed by atoms with Gasteiger partial charge in [0, 0.05) is 24.2 Å². The SMILES string of the molecule is COc1cnc(C(=O)N2CCc3[nH]c4c(Cl)c(Cl)c(OC)nc4c3C2C)nc1. The van der Waals surface area contributed by atoms with Gasteiger partial charge in [-0.05, 0) is 6.92 Å². The summed E-state index contributed by atoms with van der Waals surface area (Å²) in [6.07, 6.45) is 3.56. The number of carbonyl (C=O) groups is 1. The second-order valence-corrected chi connectivity index (χ2v) is 7.12. The number of rotatable bonds is 3. The first kappa shape index (κ1) is 18.8. The molecule has 3 aromatic heterocycles. The van der Waals surface area contributed by atoms with E-state index in [1.807, 2.05) is 6.92 Å². The van der Waals surface area contributed by atoms with Crippen LogP contribution in [0.4, 0.5) is 0 Å². The van der Waals surface area contributed by atoms with Crippen LogP contribution in [0, 0.1) is 0 Å². The van der Waals surface area contributed by atoms with E-state index < -0.39 is 0 Å². The predicted octanol–water partition coefficient (Wildman–Crippen LogP) is 3.44. The van der Waals surface area contributed by atoms with Crippen molar-refractivity contribution < 1.29 is 14.3 Å². The average molecular weight is 422 g/mol. The van der Waals surface area contributed by atoms with E-state index in [9.17, 15) is 4.79 Å². The van der Waals surface area contributed by atoms with Gasteiger partial charge in [-0.15, -0.1) is 0 Å². The highest BCUT2D eigenvalue weighted by Crippen LogP contribution is 2.42. The van der Waals surface area contributed by atoms with E-state index in [2.05, 4.69) is 19.9 Å². The zero-order chi connectivity index (χ0) is 20.0. The second-order valence-electron chi connectivity index (χ2n) is 6.36. The van der Waals surface area contributed by atoms with Gasteiger partial charge in [0.15, 0.2) is 5.75 Å². The summed E-state index contributed by atoms with van der Waals surface area (Å²) in [7, 11) is 3.00. The lowest BCUT2D eigenvalue weighted by Crippen LogP contribution is -2.39. The normalized spacial score (nSPS) is 16.2. The number of fused-ring (bicyclic) bond motifs is 3. The first-order valence-electron chi connectivity index (χ1n) is 8.56. The molecule has 1 atom stereocenters. The number of hydrogen-bond acceptors (Lipinski definition) is 6. The Balaban J connectivity index is 1.75. The smallest absolute Gasteiger partial charge is 0.292 e. The van der Waals surface area contributed by atoms with Gasteiger partial charge in [0.05, 0.1) is 48.7 Å². The molecule has 0 saturated carbocycles. The molecule has 8 nitrogen and oxygen atoms in total. The Hall–Kier alpha value is -2.58. The van der Waals surface area contributed by atoms with E-state index in [1.54, 1.807) is 4.90 Å². The van der Waals surface area contributed by atoms with Gasteiger partial charge >= 0.3 is 0 Å². The Morgan fingerprint density at radius 1 is 1.21 bits per heavy atom. The van der Waals surface area contributed by atoms with E-state index in [0.717, 1.165) is 11.3 Å². The molecule has 146 valence electrons. The zero-order valence-electron chi connectivity index (χ0n) is 15.4. The van der Waals surface area contributed by atoms with E-state index >= 15 is 0 Å². The maximum Gasteiger partial charge on any atom is 0.292 e. The van der Waals surface area contributed by atoms with E-state index in [1.165, 1.54) is 26.6 Å². The van der Waals surface area contributed by atoms with Crippen molar-refractivity contribution in [3.05, 3.63) is 39.5 Å². The minimum Gasteiger partial charge on any atom is -0.494 e. The standard InChI is InChI=1S/C18H17Cl2N5O3/c1-8-11-10(23-15-12(19)13(20)17(28-3)24-14(11)15)4-5-25(8)18(26)16-21-6-9(27-2)7-22-16/h6-8,23H,4-5H2,1-3H3. The summed E-state index contributed by atoms with van der Waals surface area (Å²) >= 11 is 12.6. The lowest BCUT2D eigenvalue weighted by atomic mass is 9.99. The second kappa shape index (κ2) is 7.10. The molecule has 0 spiro atoms. The molecule has 3 aromatic rings. The third-order valence-corrected chi connectivity index (χ3v) is 5.73. The molecule has 1 amide bonds. The van der Waals surface area contributed by atoms with Crippen molar-refractivity contribution in [3.63, 3.8) is 0 Å². The van der Waals surface area contributed by atoms with Gasteiger partial charge in [-0.2, -0.15) is 0 Å². The summed E-state index contributed by atoms with van der Waals surface area (Å²) in [4.78, 5) is 30.7. The van der Waals surface area contributed by atoms with Crippen LogP contribution in [0.1, 0.15) is 34.8 Å². The third kappa shape index (κ3) is 2.84.